The molecule has 7 heteroatoms. The lowest BCUT2D eigenvalue weighted by atomic mass is 9.93. The zero-order valence-corrected chi connectivity index (χ0v) is 17.8. The van der Waals surface area contributed by atoms with E-state index in [9.17, 15) is 4.79 Å². The fourth-order valence-corrected chi connectivity index (χ4v) is 4.12. The number of hydrogen-bond donors (Lipinski definition) is 2. The molecule has 0 aliphatic heterocycles. The molecule has 0 saturated carbocycles. The highest BCUT2D eigenvalue weighted by Crippen LogP contribution is 2.36. The number of aryl methyl sites for hydroxylation is 2. The lowest BCUT2D eigenvalue weighted by Gasteiger charge is -2.20. The third-order valence-corrected chi connectivity index (χ3v) is 5.73. The number of benzene rings is 2. The molecule has 3 aromatic rings. The van der Waals surface area contributed by atoms with Crippen LogP contribution in [0.3, 0.4) is 0 Å². The third-order valence-electron chi connectivity index (χ3n) is 5.23. The highest BCUT2D eigenvalue weighted by atomic mass is 79.9. The van der Waals surface area contributed by atoms with Crippen molar-refractivity contribution in [3.63, 3.8) is 0 Å². The number of rotatable bonds is 4. The number of amides is 1. The predicted octanol–water partition coefficient (Wildman–Crippen LogP) is 4.27. The summed E-state index contributed by atoms with van der Waals surface area (Å²) >= 11 is 3.51. The van der Waals surface area contributed by atoms with Crippen LogP contribution in [0.5, 0.6) is 0 Å². The Morgan fingerprint density at radius 3 is 2.71 bits per heavy atom. The van der Waals surface area contributed by atoms with Crippen LogP contribution in [0, 0.1) is 0 Å². The van der Waals surface area contributed by atoms with E-state index in [-0.39, 0.29) is 24.2 Å². The Morgan fingerprint density at radius 2 is 2.04 bits per heavy atom. The largest absolute Gasteiger partial charge is 0.334 e. The van der Waals surface area contributed by atoms with Crippen molar-refractivity contribution in [3.8, 4) is 11.3 Å². The molecule has 0 fully saturated rings. The van der Waals surface area contributed by atoms with Crippen LogP contribution in [-0.4, -0.2) is 21.5 Å². The Hall–Kier alpha value is -2.15. The average molecular weight is 462 g/mol. The second-order valence-electron chi connectivity index (χ2n) is 6.97. The molecule has 2 atom stereocenters. The number of aromatic nitrogens is 2. The second kappa shape index (κ2) is 8.47. The van der Waals surface area contributed by atoms with Crippen LogP contribution < -0.4 is 11.1 Å². The quantitative estimate of drug-likeness (QED) is 0.609. The van der Waals surface area contributed by atoms with Gasteiger partial charge >= 0.3 is 0 Å². The Balaban J connectivity index is 0.00000225. The number of carbonyl (C=O) groups is 1. The van der Waals surface area contributed by atoms with Gasteiger partial charge in [0, 0.05) is 23.1 Å². The van der Waals surface area contributed by atoms with Crippen molar-refractivity contribution in [2.75, 3.05) is 5.32 Å². The van der Waals surface area contributed by atoms with Crippen molar-refractivity contribution in [3.05, 3.63) is 70.6 Å². The summed E-state index contributed by atoms with van der Waals surface area (Å²) < 4.78 is 2.98. The van der Waals surface area contributed by atoms with Gasteiger partial charge in [0.05, 0.1) is 24.3 Å². The van der Waals surface area contributed by atoms with E-state index in [2.05, 4.69) is 38.4 Å². The minimum absolute atomic E-state index is 0. The number of fused-ring (bicyclic) bond motifs is 1. The van der Waals surface area contributed by atoms with Gasteiger partial charge in [0.1, 0.15) is 0 Å². The fraction of sp³-hybridized carbons (Fsp3) is 0.238. The SMILES string of the molecule is Cl.Cn1cncc1-c1ccc(NC(=O)[C@@H](N)[C@@H]2CCc3ccc(Br)cc32)cc1. The van der Waals surface area contributed by atoms with Crippen LogP contribution in [0.4, 0.5) is 5.69 Å². The van der Waals surface area contributed by atoms with E-state index in [4.69, 9.17) is 5.73 Å². The van der Waals surface area contributed by atoms with E-state index in [0.29, 0.717) is 0 Å². The molecule has 3 N–H and O–H groups in total. The van der Waals surface area contributed by atoms with Gasteiger partial charge in [-0.15, -0.1) is 12.4 Å². The number of imidazole rings is 1. The molecular formula is C21H22BrClN4O. The topological polar surface area (TPSA) is 72.9 Å². The summed E-state index contributed by atoms with van der Waals surface area (Å²) in [5.41, 5.74) is 11.6. The lowest BCUT2D eigenvalue weighted by molar-refractivity contribution is -0.117. The number of anilines is 1. The molecule has 0 saturated heterocycles. The van der Waals surface area contributed by atoms with Crippen LogP contribution in [0.2, 0.25) is 0 Å². The monoisotopic (exact) mass is 460 g/mol. The first-order chi connectivity index (χ1) is 13.0. The summed E-state index contributed by atoms with van der Waals surface area (Å²) in [7, 11) is 1.95. The summed E-state index contributed by atoms with van der Waals surface area (Å²) in [5.74, 6) is -0.104. The molecule has 5 nitrogen and oxygen atoms in total. The first-order valence-corrected chi connectivity index (χ1v) is 9.74. The number of nitrogens with two attached hydrogens (primary N) is 1. The van der Waals surface area contributed by atoms with Crippen LogP contribution in [0.1, 0.15) is 23.5 Å². The second-order valence-corrected chi connectivity index (χ2v) is 7.89. The average Bonchev–Trinajstić information content (AvgIpc) is 3.27. The van der Waals surface area contributed by atoms with Gasteiger partial charge in [0.2, 0.25) is 5.91 Å². The molecule has 0 bridgehead atoms. The minimum Gasteiger partial charge on any atom is -0.334 e. The Labute approximate surface area is 178 Å². The Bertz CT molecular complexity index is 986. The van der Waals surface area contributed by atoms with Crippen molar-refractivity contribution in [2.24, 2.45) is 12.8 Å². The third kappa shape index (κ3) is 3.99. The molecule has 0 unspecified atom stereocenters. The summed E-state index contributed by atoms with van der Waals surface area (Å²) in [6.07, 6.45) is 5.45. The van der Waals surface area contributed by atoms with Gasteiger partial charge in [-0.25, -0.2) is 4.98 Å². The molecule has 4 rings (SSSR count). The maximum absolute atomic E-state index is 12.7. The molecule has 1 aliphatic carbocycles. The standard InChI is InChI=1S/C21H21BrN4O.ClH/c1-26-12-24-11-19(26)14-3-7-16(8-4-14)25-21(27)20(23)17-9-5-13-2-6-15(22)10-18(13)17;/h2-4,6-8,10-12,17,20H,5,9,23H2,1H3,(H,25,27);1H/t17-,20+;/m1./s1. The van der Waals surface area contributed by atoms with Crippen LogP contribution >= 0.6 is 28.3 Å². The summed E-state index contributed by atoms with van der Waals surface area (Å²) in [5, 5.41) is 2.95. The van der Waals surface area contributed by atoms with Crippen molar-refractivity contribution in [2.45, 2.75) is 24.8 Å². The summed E-state index contributed by atoms with van der Waals surface area (Å²) in [4.78, 5) is 16.8. The van der Waals surface area contributed by atoms with Crippen LogP contribution in [0.25, 0.3) is 11.3 Å². The predicted molar refractivity (Wildman–Crippen MR) is 118 cm³/mol. The zero-order chi connectivity index (χ0) is 19.0. The normalized spacial score (nSPS) is 16.2. The Kier molecular flexibility index (Phi) is 6.23. The van der Waals surface area contributed by atoms with E-state index in [1.807, 2.05) is 48.1 Å². The molecular weight excluding hydrogens is 440 g/mol. The first-order valence-electron chi connectivity index (χ1n) is 8.94. The highest BCUT2D eigenvalue weighted by molar-refractivity contribution is 9.10. The van der Waals surface area contributed by atoms with Gasteiger partial charge in [-0.05, 0) is 53.8 Å². The maximum Gasteiger partial charge on any atom is 0.241 e. The van der Waals surface area contributed by atoms with E-state index < -0.39 is 6.04 Å². The van der Waals surface area contributed by atoms with E-state index in [1.54, 1.807) is 6.33 Å². The number of carbonyl (C=O) groups excluding carboxylic acids is 1. The van der Waals surface area contributed by atoms with Crippen molar-refractivity contribution in [1.29, 1.82) is 0 Å². The van der Waals surface area contributed by atoms with Crippen molar-refractivity contribution >= 4 is 39.9 Å². The van der Waals surface area contributed by atoms with Gasteiger partial charge in [0.25, 0.3) is 0 Å². The smallest absolute Gasteiger partial charge is 0.241 e. The van der Waals surface area contributed by atoms with Gasteiger partial charge in [-0.1, -0.05) is 34.1 Å². The van der Waals surface area contributed by atoms with Crippen molar-refractivity contribution < 1.29 is 4.79 Å². The number of nitrogens with one attached hydrogen (secondary N) is 1. The molecule has 0 spiro atoms. The van der Waals surface area contributed by atoms with Gasteiger partial charge < -0.3 is 15.6 Å². The molecule has 1 aliphatic rings. The zero-order valence-electron chi connectivity index (χ0n) is 15.4. The van der Waals surface area contributed by atoms with E-state index in [0.717, 1.165) is 34.3 Å². The maximum atomic E-state index is 12.7. The molecule has 1 aromatic heterocycles. The summed E-state index contributed by atoms with van der Waals surface area (Å²) in [6, 6.07) is 13.4. The van der Waals surface area contributed by atoms with Gasteiger partial charge in [-0.2, -0.15) is 0 Å². The van der Waals surface area contributed by atoms with E-state index in [1.165, 1.54) is 11.1 Å². The van der Waals surface area contributed by atoms with Crippen molar-refractivity contribution in [1.82, 2.24) is 9.55 Å². The van der Waals surface area contributed by atoms with Gasteiger partial charge in [0.15, 0.2) is 0 Å². The Morgan fingerprint density at radius 1 is 1.29 bits per heavy atom. The molecule has 1 heterocycles. The molecule has 2 aromatic carbocycles. The molecule has 1 amide bonds. The van der Waals surface area contributed by atoms with Gasteiger partial charge in [-0.3, -0.25) is 4.79 Å². The highest BCUT2D eigenvalue weighted by Gasteiger charge is 2.32. The van der Waals surface area contributed by atoms with Crippen LogP contribution in [0.15, 0.2) is 59.5 Å². The molecule has 0 radical (unpaired) electrons. The number of nitrogens with zero attached hydrogens (tertiary/aromatic N) is 2. The van der Waals surface area contributed by atoms with Crippen LogP contribution in [-0.2, 0) is 18.3 Å². The number of halogens is 2. The van der Waals surface area contributed by atoms with E-state index >= 15 is 0 Å². The summed E-state index contributed by atoms with van der Waals surface area (Å²) in [6.45, 7) is 0. The molecule has 146 valence electrons. The fourth-order valence-electron chi connectivity index (χ4n) is 3.75. The minimum atomic E-state index is -0.572. The first kappa shape index (κ1) is 20.6. The lowest BCUT2D eigenvalue weighted by Crippen LogP contribution is -2.40. The number of hydrogen-bond acceptors (Lipinski definition) is 3. The molecule has 28 heavy (non-hydrogen) atoms.